The van der Waals surface area contributed by atoms with Gasteiger partial charge in [0.15, 0.2) is 0 Å². The summed E-state index contributed by atoms with van der Waals surface area (Å²) < 4.78 is 2.19. The maximum absolute atomic E-state index is 5.91. The molecule has 0 unspecified atom stereocenters. The summed E-state index contributed by atoms with van der Waals surface area (Å²) in [6.45, 7) is 3.22. The molecule has 2 rings (SSSR count). The highest BCUT2D eigenvalue weighted by molar-refractivity contribution is 4.90. The number of nitrogens with zero attached hydrogens (tertiary/aromatic N) is 3. The van der Waals surface area contributed by atoms with Gasteiger partial charge in [0, 0.05) is 19.0 Å². The van der Waals surface area contributed by atoms with Crippen molar-refractivity contribution in [1.29, 1.82) is 0 Å². The second kappa shape index (κ2) is 5.43. The Morgan fingerprint density at radius 2 is 2.12 bits per heavy atom. The molecule has 0 spiro atoms. The standard InChI is InChI=1S/C12H22N4/c1-2-7-16-9-14-15-12(16)8-10-3-5-11(13)6-4-10/h9-11H,2-8,13H2,1H3. The molecule has 1 fully saturated rings. The lowest BCUT2D eigenvalue weighted by Crippen LogP contribution is -2.27. The lowest BCUT2D eigenvalue weighted by molar-refractivity contribution is 0.318. The molecule has 0 saturated heterocycles. The molecule has 4 nitrogen and oxygen atoms in total. The molecule has 1 aromatic rings. The molecule has 1 saturated carbocycles. The van der Waals surface area contributed by atoms with Gasteiger partial charge in [-0.25, -0.2) is 0 Å². The summed E-state index contributed by atoms with van der Waals surface area (Å²) in [5, 5.41) is 8.24. The van der Waals surface area contributed by atoms with Gasteiger partial charge in [-0.3, -0.25) is 0 Å². The fourth-order valence-electron chi connectivity index (χ4n) is 2.52. The molecule has 4 heteroatoms. The number of aryl methyl sites for hydroxylation is 1. The molecular weight excluding hydrogens is 200 g/mol. The zero-order chi connectivity index (χ0) is 11.4. The third kappa shape index (κ3) is 2.82. The van der Waals surface area contributed by atoms with Crippen LogP contribution in [0.2, 0.25) is 0 Å². The summed E-state index contributed by atoms with van der Waals surface area (Å²) in [4.78, 5) is 0. The maximum atomic E-state index is 5.91. The average Bonchev–Trinajstić information content (AvgIpc) is 2.70. The summed E-state index contributed by atoms with van der Waals surface area (Å²) in [7, 11) is 0. The van der Waals surface area contributed by atoms with E-state index in [1.165, 1.54) is 25.7 Å². The van der Waals surface area contributed by atoms with Crippen molar-refractivity contribution < 1.29 is 0 Å². The van der Waals surface area contributed by atoms with E-state index in [4.69, 9.17) is 5.73 Å². The van der Waals surface area contributed by atoms with Crippen molar-refractivity contribution in [3.05, 3.63) is 12.2 Å². The van der Waals surface area contributed by atoms with Gasteiger partial charge in [-0.05, 0) is 38.0 Å². The van der Waals surface area contributed by atoms with Crippen molar-refractivity contribution >= 4 is 0 Å². The van der Waals surface area contributed by atoms with Crippen molar-refractivity contribution in [3.8, 4) is 0 Å². The molecule has 0 radical (unpaired) electrons. The maximum Gasteiger partial charge on any atom is 0.133 e. The van der Waals surface area contributed by atoms with Gasteiger partial charge in [0.1, 0.15) is 12.2 Å². The lowest BCUT2D eigenvalue weighted by atomic mass is 9.84. The molecular formula is C12H22N4. The van der Waals surface area contributed by atoms with Gasteiger partial charge in [-0.2, -0.15) is 0 Å². The first-order valence-corrected chi connectivity index (χ1v) is 6.42. The molecule has 16 heavy (non-hydrogen) atoms. The second-order valence-corrected chi connectivity index (χ2v) is 4.93. The van der Waals surface area contributed by atoms with E-state index in [-0.39, 0.29) is 0 Å². The number of rotatable bonds is 4. The topological polar surface area (TPSA) is 56.7 Å². The van der Waals surface area contributed by atoms with Crippen LogP contribution in [0.15, 0.2) is 6.33 Å². The van der Waals surface area contributed by atoms with E-state index in [2.05, 4.69) is 21.7 Å². The molecule has 1 aromatic heterocycles. The molecule has 0 aliphatic heterocycles. The van der Waals surface area contributed by atoms with Crippen LogP contribution in [0.25, 0.3) is 0 Å². The van der Waals surface area contributed by atoms with Gasteiger partial charge in [-0.1, -0.05) is 6.92 Å². The molecule has 0 amide bonds. The summed E-state index contributed by atoms with van der Waals surface area (Å²) in [5.74, 6) is 1.92. The lowest BCUT2D eigenvalue weighted by Gasteiger charge is -2.25. The van der Waals surface area contributed by atoms with E-state index in [0.717, 1.165) is 31.1 Å². The highest BCUT2D eigenvalue weighted by Crippen LogP contribution is 2.25. The van der Waals surface area contributed by atoms with Crippen LogP contribution in [0, 0.1) is 5.92 Å². The Morgan fingerprint density at radius 1 is 1.38 bits per heavy atom. The number of nitrogens with two attached hydrogens (primary N) is 1. The first-order valence-electron chi connectivity index (χ1n) is 6.42. The minimum Gasteiger partial charge on any atom is -0.328 e. The van der Waals surface area contributed by atoms with Gasteiger partial charge < -0.3 is 10.3 Å². The van der Waals surface area contributed by atoms with Crippen molar-refractivity contribution in [2.45, 2.75) is 58.0 Å². The summed E-state index contributed by atoms with van der Waals surface area (Å²) in [6.07, 6.45) is 8.92. The highest BCUT2D eigenvalue weighted by Gasteiger charge is 2.20. The van der Waals surface area contributed by atoms with E-state index in [0.29, 0.717) is 6.04 Å². The van der Waals surface area contributed by atoms with Crippen LogP contribution in [-0.2, 0) is 13.0 Å². The minimum absolute atomic E-state index is 0.435. The third-order valence-electron chi connectivity index (χ3n) is 3.52. The monoisotopic (exact) mass is 222 g/mol. The van der Waals surface area contributed by atoms with Crippen LogP contribution in [-0.4, -0.2) is 20.8 Å². The normalized spacial score (nSPS) is 25.9. The fourth-order valence-corrected chi connectivity index (χ4v) is 2.52. The van der Waals surface area contributed by atoms with E-state index < -0.39 is 0 Å². The highest BCUT2D eigenvalue weighted by atomic mass is 15.3. The molecule has 2 N–H and O–H groups in total. The van der Waals surface area contributed by atoms with Gasteiger partial charge in [-0.15, -0.1) is 10.2 Å². The Balaban J connectivity index is 1.90. The molecule has 1 aliphatic rings. The van der Waals surface area contributed by atoms with Crippen LogP contribution < -0.4 is 5.73 Å². The van der Waals surface area contributed by atoms with Crippen molar-refractivity contribution in [3.63, 3.8) is 0 Å². The Kier molecular flexibility index (Phi) is 3.93. The van der Waals surface area contributed by atoms with Crippen LogP contribution in [0.4, 0.5) is 0 Å². The molecule has 90 valence electrons. The van der Waals surface area contributed by atoms with E-state index >= 15 is 0 Å². The Labute approximate surface area is 97.2 Å². The predicted molar refractivity (Wildman–Crippen MR) is 64.0 cm³/mol. The van der Waals surface area contributed by atoms with Gasteiger partial charge in [0.05, 0.1) is 0 Å². The molecule has 1 heterocycles. The Morgan fingerprint density at radius 3 is 2.81 bits per heavy atom. The fraction of sp³-hybridized carbons (Fsp3) is 0.833. The van der Waals surface area contributed by atoms with Gasteiger partial charge in [0.2, 0.25) is 0 Å². The quantitative estimate of drug-likeness (QED) is 0.844. The molecule has 0 aromatic carbocycles. The largest absolute Gasteiger partial charge is 0.328 e. The van der Waals surface area contributed by atoms with Crippen LogP contribution in [0.3, 0.4) is 0 Å². The number of hydrogen-bond donors (Lipinski definition) is 1. The van der Waals surface area contributed by atoms with Crippen molar-refractivity contribution in [1.82, 2.24) is 14.8 Å². The number of aromatic nitrogens is 3. The number of hydrogen-bond acceptors (Lipinski definition) is 3. The third-order valence-corrected chi connectivity index (χ3v) is 3.52. The second-order valence-electron chi connectivity index (χ2n) is 4.93. The average molecular weight is 222 g/mol. The van der Waals surface area contributed by atoms with Crippen molar-refractivity contribution in [2.24, 2.45) is 11.7 Å². The van der Waals surface area contributed by atoms with Crippen LogP contribution in [0.5, 0.6) is 0 Å². The summed E-state index contributed by atoms with van der Waals surface area (Å²) in [5.41, 5.74) is 5.91. The van der Waals surface area contributed by atoms with Gasteiger partial charge in [0.25, 0.3) is 0 Å². The summed E-state index contributed by atoms with van der Waals surface area (Å²) >= 11 is 0. The SMILES string of the molecule is CCCn1cnnc1CC1CCC(N)CC1. The Hall–Kier alpha value is -0.900. The zero-order valence-corrected chi connectivity index (χ0v) is 10.1. The molecule has 0 atom stereocenters. The molecule has 0 bridgehead atoms. The van der Waals surface area contributed by atoms with E-state index in [1.54, 1.807) is 0 Å². The predicted octanol–water partition coefficient (Wildman–Crippen LogP) is 1.75. The van der Waals surface area contributed by atoms with Gasteiger partial charge >= 0.3 is 0 Å². The van der Waals surface area contributed by atoms with Crippen LogP contribution in [0.1, 0.15) is 44.9 Å². The van der Waals surface area contributed by atoms with Crippen molar-refractivity contribution in [2.75, 3.05) is 0 Å². The zero-order valence-electron chi connectivity index (χ0n) is 10.1. The summed E-state index contributed by atoms with van der Waals surface area (Å²) in [6, 6.07) is 0.435. The first kappa shape index (κ1) is 11.6. The van der Waals surface area contributed by atoms with E-state index in [9.17, 15) is 0 Å². The molecule has 1 aliphatic carbocycles. The minimum atomic E-state index is 0.435. The Bertz CT molecular complexity index is 313. The van der Waals surface area contributed by atoms with E-state index in [1.807, 2.05) is 6.33 Å². The van der Waals surface area contributed by atoms with Crippen LogP contribution >= 0.6 is 0 Å². The first-order chi connectivity index (χ1) is 7.79. The smallest absolute Gasteiger partial charge is 0.133 e.